The molecule has 0 radical (unpaired) electrons. The molecule has 27 heavy (non-hydrogen) atoms. The summed E-state index contributed by atoms with van der Waals surface area (Å²) in [6.07, 6.45) is 0.280. The van der Waals surface area contributed by atoms with Crippen LogP contribution in [0, 0.1) is 5.92 Å². The van der Waals surface area contributed by atoms with Crippen molar-refractivity contribution >= 4 is 23.5 Å². The van der Waals surface area contributed by atoms with E-state index in [0.717, 1.165) is 17.8 Å². The third kappa shape index (κ3) is 3.88. The average Bonchev–Trinajstić information content (AvgIpc) is 3.02. The molecule has 0 bridgehead atoms. The van der Waals surface area contributed by atoms with E-state index in [1.54, 1.807) is 0 Å². The van der Waals surface area contributed by atoms with E-state index in [0.29, 0.717) is 51.0 Å². The van der Waals surface area contributed by atoms with Crippen molar-refractivity contribution in [2.75, 3.05) is 32.8 Å². The number of primary amides is 1. The maximum Gasteiger partial charge on any atom is 0.246 e. The highest BCUT2D eigenvalue weighted by molar-refractivity contribution is 6.05. The van der Waals surface area contributed by atoms with Crippen LogP contribution >= 0.6 is 0 Å². The highest BCUT2D eigenvalue weighted by Crippen LogP contribution is 2.30. The van der Waals surface area contributed by atoms with Crippen molar-refractivity contribution in [3.8, 4) is 5.75 Å². The van der Waals surface area contributed by atoms with Crippen LogP contribution in [0.4, 0.5) is 5.69 Å². The van der Waals surface area contributed by atoms with Gasteiger partial charge < -0.3 is 25.4 Å². The molecule has 0 saturated carbocycles. The molecule has 3 heterocycles. The first-order chi connectivity index (χ1) is 13.1. The predicted molar refractivity (Wildman–Crippen MR) is 97.5 cm³/mol. The fourth-order valence-corrected chi connectivity index (χ4v) is 3.59. The Balaban J connectivity index is 1.36. The van der Waals surface area contributed by atoms with Crippen molar-refractivity contribution in [1.82, 2.24) is 15.5 Å². The van der Waals surface area contributed by atoms with Gasteiger partial charge in [-0.3, -0.25) is 14.9 Å². The number of morpholine rings is 1. The molecule has 2 atom stereocenters. The van der Waals surface area contributed by atoms with Gasteiger partial charge in [0, 0.05) is 25.2 Å². The van der Waals surface area contributed by atoms with Crippen molar-refractivity contribution in [3.63, 3.8) is 0 Å². The van der Waals surface area contributed by atoms with Crippen LogP contribution in [-0.4, -0.2) is 61.6 Å². The van der Waals surface area contributed by atoms with E-state index in [2.05, 4.69) is 15.6 Å². The first-order valence-corrected chi connectivity index (χ1v) is 9.11. The summed E-state index contributed by atoms with van der Waals surface area (Å²) in [5.41, 5.74) is 7.37. The number of amides is 2. The van der Waals surface area contributed by atoms with Crippen molar-refractivity contribution in [3.05, 3.63) is 23.8 Å². The lowest BCUT2D eigenvalue weighted by molar-refractivity contribution is -0.128. The number of nitrogens with one attached hydrogen (secondary N) is 2. The minimum absolute atomic E-state index is 0.0463. The molecule has 0 aromatic heterocycles. The van der Waals surface area contributed by atoms with Gasteiger partial charge in [-0.15, -0.1) is 0 Å². The van der Waals surface area contributed by atoms with Crippen LogP contribution in [-0.2, 0) is 20.9 Å². The standard InChI is InChI=1S/C18H23N5O4/c19-17(25)13(15-8-20-4-6-27-15)3-5-26-12-1-2-14-11(7-12)9-23-10-16(24)22-18(23)21-14/h1-2,7,13,15,20H,3-6,8-10H2,(H2,19,25)(H,21,22,24). The fraction of sp³-hybridized carbons (Fsp3) is 0.500. The summed E-state index contributed by atoms with van der Waals surface area (Å²) in [6, 6.07) is 5.64. The molecule has 4 N–H and O–H groups in total. The van der Waals surface area contributed by atoms with E-state index in [-0.39, 0.29) is 23.8 Å². The maximum absolute atomic E-state index is 11.8. The van der Waals surface area contributed by atoms with Crippen molar-refractivity contribution in [2.45, 2.75) is 19.1 Å². The van der Waals surface area contributed by atoms with Gasteiger partial charge in [0.25, 0.3) is 0 Å². The molecule has 144 valence electrons. The van der Waals surface area contributed by atoms with Gasteiger partial charge in [0.1, 0.15) is 12.3 Å². The fourth-order valence-electron chi connectivity index (χ4n) is 3.59. The number of aliphatic imine (C=N–C) groups is 1. The summed E-state index contributed by atoms with van der Waals surface area (Å²) in [7, 11) is 0. The second-order valence-corrected chi connectivity index (χ2v) is 6.89. The third-order valence-electron chi connectivity index (χ3n) is 4.99. The molecule has 9 nitrogen and oxygen atoms in total. The monoisotopic (exact) mass is 373 g/mol. The van der Waals surface area contributed by atoms with Gasteiger partial charge in [0.2, 0.25) is 17.8 Å². The number of nitrogens with zero attached hydrogens (tertiary/aromatic N) is 2. The van der Waals surface area contributed by atoms with Crippen LogP contribution in [0.1, 0.15) is 12.0 Å². The van der Waals surface area contributed by atoms with Gasteiger partial charge in [-0.05, 0) is 24.6 Å². The molecule has 2 fully saturated rings. The Kier molecular flexibility index (Phi) is 4.95. The zero-order valence-corrected chi connectivity index (χ0v) is 14.9. The van der Waals surface area contributed by atoms with Crippen molar-refractivity contribution in [1.29, 1.82) is 0 Å². The van der Waals surface area contributed by atoms with Gasteiger partial charge in [0.05, 0.1) is 30.9 Å². The average molecular weight is 373 g/mol. The molecule has 9 heteroatoms. The topological polar surface area (TPSA) is 118 Å². The van der Waals surface area contributed by atoms with Gasteiger partial charge in [0.15, 0.2) is 0 Å². The number of fused-ring (bicyclic) bond motifs is 2. The summed E-state index contributed by atoms with van der Waals surface area (Å²) in [5, 5.41) is 5.96. The second kappa shape index (κ2) is 7.53. The lowest BCUT2D eigenvalue weighted by atomic mass is 9.97. The van der Waals surface area contributed by atoms with Crippen molar-refractivity contribution < 1.29 is 19.1 Å². The Hall–Kier alpha value is -2.65. The molecule has 2 saturated heterocycles. The summed E-state index contributed by atoms with van der Waals surface area (Å²) in [4.78, 5) is 29.6. The van der Waals surface area contributed by atoms with E-state index >= 15 is 0 Å². The van der Waals surface area contributed by atoms with E-state index in [9.17, 15) is 9.59 Å². The third-order valence-corrected chi connectivity index (χ3v) is 4.99. The van der Waals surface area contributed by atoms with Gasteiger partial charge in [-0.1, -0.05) is 0 Å². The Morgan fingerprint density at radius 3 is 3.11 bits per heavy atom. The molecule has 1 aromatic rings. The number of rotatable bonds is 6. The molecular weight excluding hydrogens is 350 g/mol. The SMILES string of the molecule is NC(=O)C(CCOc1ccc2c(c1)CN1CC(=O)NC1=N2)C1CNCCO1. The molecule has 3 aliphatic heterocycles. The Morgan fingerprint density at radius 1 is 1.44 bits per heavy atom. The minimum Gasteiger partial charge on any atom is -0.494 e. The maximum atomic E-state index is 11.8. The lowest BCUT2D eigenvalue weighted by Gasteiger charge is -2.29. The summed E-state index contributed by atoms with van der Waals surface area (Å²) >= 11 is 0. The predicted octanol–water partition coefficient (Wildman–Crippen LogP) is -0.522. The van der Waals surface area contributed by atoms with Crippen LogP contribution in [0.2, 0.25) is 0 Å². The first kappa shape index (κ1) is 17.7. The number of hydrogen-bond donors (Lipinski definition) is 3. The molecule has 4 rings (SSSR count). The van der Waals surface area contributed by atoms with Crippen LogP contribution in [0.3, 0.4) is 0 Å². The lowest BCUT2D eigenvalue weighted by Crippen LogP contribution is -2.47. The number of guanidine groups is 1. The Bertz CT molecular complexity index is 775. The van der Waals surface area contributed by atoms with Gasteiger partial charge in [-0.2, -0.15) is 0 Å². The highest BCUT2D eigenvalue weighted by Gasteiger charge is 2.30. The quantitative estimate of drug-likeness (QED) is 0.617. The largest absolute Gasteiger partial charge is 0.494 e. The second-order valence-electron chi connectivity index (χ2n) is 6.89. The Morgan fingerprint density at radius 2 is 2.33 bits per heavy atom. The summed E-state index contributed by atoms with van der Waals surface area (Å²) in [5.74, 6) is 0.508. The number of benzene rings is 1. The van der Waals surface area contributed by atoms with Crippen LogP contribution in [0.15, 0.2) is 23.2 Å². The van der Waals surface area contributed by atoms with Crippen molar-refractivity contribution in [2.24, 2.45) is 16.6 Å². The molecule has 0 aliphatic carbocycles. The molecule has 0 spiro atoms. The minimum atomic E-state index is -0.385. The number of nitrogens with two attached hydrogens (primary N) is 1. The van der Waals surface area contributed by atoms with Gasteiger partial charge in [-0.25, -0.2) is 4.99 Å². The number of ether oxygens (including phenoxy) is 2. The van der Waals surface area contributed by atoms with E-state index in [1.807, 2.05) is 23.1 Å². The van der Waals surface area contributed by atoms with E-state index in [4.69, 9.17) is 15.2 Å². The summed E-state index contributed by atoms with van der Waals surface area (Å²) < 4.78 is 11.5. The molecule has 2 unspecified atom stereocenters. The molecular formula is C18H23N5O4. The van der Waals surface area contributed by atoms with Crippen LogP contribution < -0.4 is 21.1 Å². The van der Waals surface area contributed by atoms with Gasteiger partial charge >= 0.3 is 0 Å². The normalized spacial score (nSPS) is 22.4. The number of hydrogen-bond acceptors (Lipinski definition) is 7. The molecule has 2 amide bonds. The zero-order valence-electron chi connectivity index (χ0n) is 14.9. The zero-order chi connectivity index (χ0) is 18.8. The summed E-state index contributed by atoms with van der Waals surface area (Å²) in [6.45, 7) is 3.28. The highest BCUT2D eigenvalue weighted by atomic mass is 16.5. The molecule has 1 aromatic carbocycles. The first-order valence-electron chi connectivity index (χ1n) is 9.11. The Labute approximate surface area is 156 Å². The van der Waals surface area contributed by atoms with Crippen LogP contribution in [0.5, 0.6) is 5.75 Å². The van der Waals surface area contributed by atoms with E-state index in [1.165, 1.54) is 0 Å². The van der Waals surface area contributed by atoms with E-state index < -0.39 is 0 Å². The van der Waals surface area contributed by atoms with Crippen LogP contribution in [0.25, 0.3) is 0 Å². The number of carbonyl (C=O) groups excluding carboxylic acids is 2. The smallest absolute Gasteiger partial charge is 0.246 e. The molecule has 3 aliphatic rings. The number of carbonyl (C=O) groups is 2.